The van der Waals surface area contributed by atoms with E-state index in [0.717, 1.165) is 70.1 Å². The third-order valence-electron chi connectivity index (χ3n) is 5.13. The largest absolute Gasteiger partial charge is 0.377 e. The van der Waals surface area contributed by atoms with Crippen molar-refractivity contribution in [1.82, 2.24) is 20.5 Å². The molecule has 1 aromatic rings. The van der Waals surface area contributed by atoms with Gasteiger partial charge in [-0.15, -0.1) is 0 Å². The summed E-state index contributed by atoms with van der Waals surface area (Å²) in [6.45, 7) is 6.09. The van der Waals surface area contributed by atoms with Crippen LogP contribution in [0.3, 0.4) is 0 Å². The van der Waals surface area contributed by atoms with E-state index in [-0.39, 0.29) is 0 Å². The Balaban J connectivity index is 1.27. The molecule has 2 fully saturated rings. The number of rotatable bonds is 8. The zero-order chi connectivity index (χ0) is 18.7. The normalized spacial score (nSPS) is 22.1. The van der Waals surface area contributed by atoms with Crippen LogP contribution in [0.1, 0.15) is 31.4 Å². The average molecular weight is 376 g/mol. The fourth-order valence-corrected chi connectivity index (χ4v) is 3.58. The van der Waals surface area contributed by atoms with Gasteiger partial charge in [-0.2, -0.15) is 0 Å². The third kappa shape index (κ3) is 7.08. The minimum absolute atomic E-state index is 0.290. The van der Waals surface area contributed by atoms with Crippen LogP contribution in [0.25, 0.3) is 0 Å². The molecule has 0 aromatic carbocycles. The Labute approximate surface area is 162 Å². The third-order valence-corrected chi connectivity index (χ3v) is 5.13. The Morgan fingerprint density at radius 1 is 1.33 bits per heavy atom. The van der Waals surface area contributed by atoms with E-state index in [4.69, 9.17) is 9.47 Å². The van der Waals surface area contributed by atoms with Crippen LogP contribution in [0, 0.1) is 0 Å². The van der Waals surface area contributed by atoms with Crippen LogP contribution in [0.5, 0.6) is 0 Å². The van der Waals surface area contributed by atoms with Gasteiger partial charge in [0.05, 0.1) is 25.0 Å². The van der Waals surface area contributed by atoms with Crippen molar-refractivity contribution in [1.29, 1.82) is 0 Å². The molecule has 1 atom stereocenters. The molecular formula is C20H33N5O2. The number of likely N-dealkylation sites (tertiary alicyclic amines) is 1. The molecule has 2 aliphatic rings. The highest BCUT2D eigenvalue weighted by molar-refractivity contribution is 5.79. The zero-order valence-electron chi connectivity index (χ0n) is 16.4. The van der Waals surface area contributed by atoms with Crippen LogP contribution in [0.15, 0.2) is 29.4 Å². The Morgan fingerprint density at radius 3 is 2.93 bits per heavy atom. The van der Waals surface area contributed by atoms with E-state index in [2.05, 4.69) is 37.6 Å². The quantitative estimate of drug-likeness (QED) is 0.407. The highest BCUT2D eigenvalue weighted by atomic mass is 16.5. The minimum Gasteiger partial charge on any atom is -0.377 e. The van der Waals surface area contributed by atoms with E-state index in [1.54, 1.807) is 0 Å². The molecule has 0 aliphatic carbocycles. The number of hydrogen-bond donors (Lipinski definition) is 2. The van der Waals surface area contributed by atoms with Gasteiger partial charge in [0.15, 0.2) is 5.96 Å². The zero-order valence-corrected chi connectivity index (χ0v) is 16.4. The molecule has 3 heterocycles. The summed E-state index contributed by atoms with van der Waals surface area (Å²) >= 11 is 0. The number of aromatic nitrogens is 1. The molecule has 2 N–H and O–H groups in total. The molecular weight excluding hydrogens is 342 g/mol. The highest BCUT2D eigenvalue weighted by Crippen LogP contribution is 2.13. The molecule has 1 aromatic heterocycles. The second-order valence-corrected chi connectivity index (χ2v) is 7.22. The fraction of sp³-hybridized carbons (Fsp3) is 0.700. The predicted octanol–water partition coefficient (Wildman–Crippen LogP) is 1.41. The Kier molecular flexibility index (Phi) is 8.32. The summed E-state index contributed by atoms with van der Waals surface area (Å²) in [7, 11) is 1.82. The average Bonchev–Trinajstić information content (AvgIpc) is 3.22. The standard InChI is InChI=1S/C20H33N5O2/c1-21-20(23-10-14-26-16-19-6-4-13-27-19)24-17-7-11-25(12-8-17)15-18-5-2-3-9-22-18/h2-3,5,9,17,19H,4,6-8,10-16H2,1H3,(H2,21,23,24). The number of pyridine rings is 1. The lowest BCUT2D eigenvalue weighted by molar-refractivity contribution is 0.0191. The van der Waals surface area contributed by atoms with Gasteiger partial charge in [0.2, 0.25) is 0 Å². The lowest BCUT2D eigenvalue weighted by Crippen LogP contribution is -2.49. The Morgan fingerprint density at radius 2 is 2.22 bits per heavy atom. The maximum atomic E-state index is 5.69. The van der Waals surface area contributed by atoms with Crippen molar-refractivity contribution in [2.24, 2.45) is 4.99 Å². The molecule has 2 aliphatic heterocycles. The summed E-state index contributed by atoms with van der Waals surface area (Å²) in [5.74, 6) is 0.860. The first kappa shape index (κ1) is 20.0. The first-order valence-electron chi connectivity index (χ1n) is 10.1. The maximum absolute atomic E-state index is 5.69. The monoisotopic (exact) mass is 375 g/mol. The van der Waals surface area contributed by atoms with Gasteiger partial charge in [-0.25, -0.2) is 0 Å². The van der Waals surface area contributed by atoms with Crippen molar-refractivity contribution in [3.05, 3.63) is 30.1 Å². The Bertz CT molecular complexity index is 555. The summed E-state index contributed by atoms with van der Waals surface area (Å²) in [6, 6.07) is 6.57. The number of nitrogens with one attached hydrogen (secondary N) is 2. The van der Waals surface area contributed by atoms with Crippen LogP contribution in [-0.2, 0) is 16.0 Å². The number of hydrogen-bond acceptors (Lipinski definition) is 5. The summed E-state index contributed by atoms with van der Waals surface area (Å²) in [4.78, 5) is 11.2. The molecule has 150 valence electrons. The number of nitrogens with zero attached hydrogens (tertiary/aromatic N) is 3. The summed E-state index contributed by atoms with van der Waals surface area (Å²) in [5, 5.41) is 6.88. The molecule has 27 heavy (non-hydrogen) atoms. The topological polar surface area (TPSA) is 71.0 Å². The van der Waals surface area contributed by atoms with E-state index >= 15 is 0 Å². The van der Waals surface area contributed by atoms with Crippen LogP contribution >= 0.6 is 0 Å². The molecule has 0 amide bonds. The molecule has 1 unspecified atom stereocenters. The number of piperidine rings is 1. The highest BCUT2D eigenvalue weighted by Gasteiger charge is 2.20. The van der Waals surface area contributed by atoms with Crippen molar-refractivity contribution < 1.29 is 9.47 Å². The lowest BCUT2D eigenvalue weighted by atomic mass is 10.1. The first-order chi connectivity index (χ1) is 13.3. The molecule has 0 saturated carbocycles. The second-order valence-electron chi connectivity index (χ2n) is 7.22. The predicted molar refractivity (Wildman–Crippen MR) is 107 cm³/mol. The number of guanidine groups is 1. The van der Waals surface area contributed by atoms with Gasteiger partial charge in [-0.3, -0.25) is 14.9 Å². The van der Waals surface area contributed by atoms with Gasteiger partial charge >= 0.3 is 0 Å². The molecule has 7 nitrogen and oxygen atoms in total. The fourth-order valence-electron chi connectivity index (χ4n) is 3.58. The summed E-state index contributed by atoms with van der Waals surface area (Å²) < 4.78 is 11.2. The van der Waals surface area contributed by atoms with Crippen molar-refractivity contribution >= 4 is 5.96 Å². The molecule has 7 heteroatoms. The second kappa shape index (κ2) is 11.2. The van der Waals surface area contributed by atoms with Crippen molar-refractivity contribution in [2.45, 2.75) is 44.4 Å². The maximum Gasteiger partial charge on any atom is 0.191 e. The SMILES string of the molecule is CN=C(NCCOCC1CCCO1)NC1CCN(Cc2ccccn2)CC1. The van der Waals surface area contributed by atoms with Crippen LogP contribution < -0.4 is 10.6 Å². The molecule has 2 saturated heterocycles. The van der Waals surface area contributed by atoms with Gasteiger partial charge in [0, 0.05) is 52.1 Å². The minimum atomic E-state index is 0.290. The van der Waals surface area contributed by atoms with Crippen molar-refractivity contribution in [2.75, 3.05) is 46.5 Å². The molecule has 0 spiro atoms. The molecule has 0 bridgehead atoms. The Hall–Kier alpha value is -1.70. The van der Waals surface area contributed by atoms with Crippen LogP contribution in [0.4, 0.5) is 0 Å². The van der Waals surface area contributed by atoms with E-state index < -0.39 is 0 Å². The molecule has 0 radical (unpaired) electrons. The van der Waals surface area contributed by atoms with Gasteiger partial charge < -0.3 is 20.1 Å². The number of aliphatic imine (C=N–C) groups is 1. The van der Waals surface area contributed by atoms with E-state index in [9.17, 15) is 0 Å². The summed E-state index contributed by atoms with van der Waals surface area (Å²) in [5.41, 5.74) is 1.14. The molecule has 3 rings (SSSR count). The van der Waals surface area contributed by atoms with Crippen LogP contribution in [-0.4, -0.2) is 74.5 Å². The van der Waals surface area contributed by atoms with Crippen molar-refractivity contribution in [3.8, 4) is 0 Å². The summed E-state index contributed by atoms with van der Waals surface area (Å²) in [6.07, 6.45) is 6.66. The van der Waals surface area contributed by atoms with E-state index in [1.165, 1.54) is 0 Å². The van der Waals surface area contributed by atoms with Gasteiger partial charge in [0.1, 0.15) is 0 Å². The lowest BCUT2D eigenvalue weighted by Gasteiger charge is -2.32. The van der Waals surface area contributed by atoms with Gasteiger partial charge in [-0.1, -0.05) is 6.07 Å². The van der Waals surface area contributed by atoms with Crippen LogP contribution in [0.2, 0.25) is 0 Å². The van der Waals surface area contributed by atoms with Crippen molar-refractivity contribution in [3.63, 3.8) is 0 Å². The van der Waals surface area contributed by atoms with Gasteiger partial charge in [0.25, 0.3) is 0 Å². The van der Waals surface area contributed by atoms with Gasteiger partial charge in [-0.05, 0) is 37.8 Å². The first-order valence-corrected chi connectivity index (χ1v) is 10.1. The smallest absolute Gasteiger partial charge is 0.191 e. The van der Waals surface area contributed by atoms with E-state index in [0.29, 0.717) is 25.4 Å². The van der Waals surface area contributed by atoms with E-state index in [1.807, 2.05) is 19.3 Å². The number of ether oxygens (including phenoxy) is 2.